The smallest absolute Gasteiger partial charge is 0.211 e. The van der Waals surface area contributed by atoms with Crippen molar-refractivity contribution in [1.29, 1.82) is 0 Å². The molecule has 0 bridgehead atoms. The van der Waals surface area contributed by atoms with Crippen molar-refractivity contribution in [1.82, 2.24) is 21.3 Å². The molecule has 0 fully saturated rings. The Balaban J connectivity index is 0.000000248. The Bertz CT molecular complexity index is 1980. The van der Waals surface area contributed by atoms with Crippen molar-refractivity contribution in [2.45, 2.75) is 94.4 Å². The van der Waals surface area contributed by atoms with Gasteiger partial charge in [-0.3, -0.25) is 19.2 Å². The van der Waals surface area contributed by atoms with E-state index in [-0.39, 0.29) is 48.5 Å². The summed E-state index contributed by atoms with van der Waals surface area (Å²) in [6.07, 6.45) is 21.8. The van der Waals surface area contributed by atoms with Crippen LogP contribution in [0, 0.1) is 34.5 Å². The van der Waals surface area contributed by atoms with Crippen molar-refractivity contribution < 1.29 is 45.0 Å². The van der Waals surface area contributed by atoms with Crippen LogP contribution in [0.1, 0.15) is 68.2 Å². The number of carbonyl (C=O) groups is 4. The van der Waals surface area contributed by atoms with Crippen LogP contribution in [0.3, 0.4) is 0 Å². The summed E-state index contributed by atoms with van der Waals surface area (Å²) in [6, 6.07) is 0. The van der Waals surface area contributed by atoms with Gasteiger partial charge in [-0.05, 0) is 77.3 Å². The zero-order valence-electron chi connectivity index (χ0n) is 35.6. The van der Waals surface area contributed by atoms with E-state index in [0.29, 0.717) is 48.4 Å². The van der Waals surface area contributed by atoms with Crippen LogP contribution in [0.5, 0.6) is 0 Å². The molecule has 0 aliphatic heterocycles. The van der Waals surface area contributed by atoms with Crippen molar-refractivity contribution in [3.05, 3.63) is 128 Å². The molecule has 0 aromatic rings. The minimum atomic E-state index is -0.721. The van der Waals surface area contributed by atoms with Gasteiger partial charge < -0.3 is 21.3 Å². The number of amides is 4. The third-order valence-corrected chi connectivity index (χ3v) is 16.0. The number of carbonyl (C=O) groups excluding carboxylic acids is 4. The maximum Gasteiger partial charge on any atom is 0.211 e. The number of hydrogen-bond acceptors (Lipinski definition) is 4. The minimum Gasteiger partial charge on any atom is -0.335 e. The first-order valence-corrected chi connectivity index (χ1v) is 24.5. The molecule has 0 spiro atoms. The normalized spacial score (nSPS) is 22.9. The van der Waals surface area contributed by atoms with Crippen LogP contribution >= 0.6 is 0 Å². The number of hydrogen-bond donors (Lipinski definition) is 4. The zero-order chi connectivity index (χ0) is 41.3. The second-order valence-corrected chi connectivity index (χ2v) is 21.8. The third kappa shape index (κ3) is 8.21. The number of nitrogens with one attached hydrogen (secondary N) is 4. The zero-order valence-corrected chi connectivity index (χ0v) is 41.2. The van der Waals surface area contributed by atoms with Crippen LogP contribution in [-0.4, -0.2) is 52.8 Å². The second-order valence-electron chi connectivity index (χ2n) is 16.8. The van der Waals surface area contributed by atoms with Crippen LogP contribution in [0.15, 0.2) is 116 Å². The van der Waals surface area contributed by atoms with Gasteiger partial charge in [0.2, 0.25) is 25.6 Å². The molecule has 300 valence electrons. The molecule has 6 aliphatic rings. The molecule has 2 atom stereocenters. The van der Waals surface area contributed by atoms with Gasteiger partial charge in [0, 0.05) is 37.2 Å². The van der Waals surface area contributed by atoms with E-state index >= 15 is 0 Å². The summed E-state index contributed by atoms with van der Waals surface area (Å²) in [5.41, 5.74) is 12.6. The first-order valence-electron chi connectivity index (χ1n) is 19.5. The minimum absolute atomic E-state index is 0. The molecule has 4 N–H and O–H groups in total. The van der Waals surface area contributed by atoms with Crippen LogP contribution in [0.2, 0.25) is 26.2 Å². The van der Waals surface area contributed by atoms with Gasteiger partial charge in [-0.1, -0.05) is 79.9 Å². The van der Waals surface area contributed by atoms with Gasteiger partial charge in [0.05, 0.1) is 11.4 Å². The molecular formula is C46H58HfN4O4Si2-2. The molecule has 6 aliphatic carbocycles. The summed E-state index contributed by atoms with van der Waals surface area (Å²) in [6.45, 7) is 27.3. The molecule has 0 saturated heterocycles. The van der Waals surface area contributed by atoms with Crippen LogP contribution in [0.4, 0.5) is 0 Å². The van der Waals surface area contributed by atoms with Gasteiger partial charge in [-0.15, -0.1) is 92.1 Å². The summed E-state index contributed by atoms with van der Waals surface area (Å²) >= 11 is 0. The van der Waals surface area contributed by atoms with E-state index in [2.05, 4.69) is 138 Å². The monoisotopic (exact) mass is 966 g/mol. The Morgan fingerprint density at radius 3 is 1.21 bits per heavy atom. The molecule has 0 aromatic carbocycles. The maximum atomic E-state index is 11.3. The van der Waals surface area contributed by atoms with E-state index in [9.17, 15) is 19.2 Å². The molecule has 4 amide bonds. The van der Waals surface area contributed by atoms with Gasteiger partial charge in [0.25, 0.3) is 0 Å². The molecule has 0 radical (unpaired) electrons. The van der Waals surface area contributed by atoms with E-state index in [1.54, 1.807) is 0 Å². The average molecular weight is 966 g/mol. The maximum absolute atomic E-state index is 11.3. The second kappa shape index (κ2) is 18.3. The molecule has 0 saturated carbocycles. The van der Waals surface area contributed by atoms with E-state index in [1.807, 2.05) is 13.8 Å². The first-order chi connectivity index (χ1) is 26.5. The summed E-state index contributed by atoms with van der Waals surface area (Å²) in [7, 11) is -1.44. The SMILES string of the molecule is CC1=C(NC=O)C(NC=O)=CC2=C(C(=[Si](C)C)C(C)(C)[C-]2C2=CC=CC2)C1C.CC1=C(NC=O)C(NC=O)=CC2=C(C(=[Si](C)C)C(C)(C)[C-]2C2=CC=CC2)C1C.[Hf]. The first kappa shape index (κ1) is 45.8. The Morgan fingerprint density at radius 2 is 0.947 bits per heavy atom. The van der Waals surface area contributed by atoms with Gasteiger partial charge in [0.15, 0.2) is 0 Å². The van der Waals surface area contributed by atoms with Crippen LogP contribution in [0.25, 0.3) is 0 Å². The van der Waals surface area contributed by atoms with Crippen molar-refractivity contribution in [3.63, 3.8) is 0 Å². The molecule has 2 unspecified atom stereocenters. The Kier molecular flexibility index (Phi) is 14.7. The Morgan fingerprint density at radius 1 is 0.614 bits per heavy atom. The van der Waals surface area contributed by atoms with Gasteiger partial charge in [-0.2, -0.15) is 0 Å². The van der Waals surface area contributed by atoms with Crippen LogP contribution in [-0.2, 0) is 45.0 Å². The fourth-order valence-corrected chi connectivity index (χ4v) is 14.6. The number of allylic oxidation sites excluding steroid dienone is 16. The third-order valence-electron chi connectivity index (χ3n) is 12.2. The molecule has 11 heteroatoms. The molecule has 57 heavy (non-hydrogen) atoms. The summed E-state index contributed by atoms with van der Waals surface area (Å²) < 4.78 is 0. The molecular weight excluding hydrogens is 907 g/mol. The van der Waals surface area contributed by atoms with Crippen molar-refractivity contribution in [3.8, 4) is 0 Å². The predicted octanol–water partition coefficient (Wildman–Crippen LogP) is 7.18. The summed E-state index contributed by atoms with van der Waals surface area (Å²) in [5.74, 6) is 3.01. The van der Waals surface area contributed by atoms with E-state index in [4.69, 9.17) is 0 Å². The fraction of sp³-hybridized carbons (Fsp3) is 0.391. The van der Waals surface area contributed by atoms with Gasteiger partial charge >= 0.3 is 0 Å². The Labute approximate surface area is 361 Å². The van der Waals surface area contributed by atoms with E-state index in [0.717, 1.165) is 24.0 Å². The van der Waals surface area contributed by atoms with Crippen LogP contribution < -0.4 is 21.3 Å². The van der Waals surface area contributed by atoms with E-state index in [1.165, 1.54) is 55.6 Å². The predicted molar refractivity (Wildman–Crippen MR) is 233 cm³/mol. The summed E-state index contributed by atoms with van der Waals surface area (Å²) in [5, 5.41) is 14.4. The largest absolute Gasteiger partial charge is 0.335 e. The standard InChI is InChI=1S/2C23H29N2O2Si.Hf/c2*1-14-15(2)21(25-13-27)18(24-12-26)11-17-19(14)22(28(5)6)23(3,4)20(17)16-9-7-8-10-16;/h2*7-9,11-14H,10H2,1-6H3,(H,24,26)(H,25,27);/q2*-1;. The summed E-state index contributed by atoms with van der Waals surface area (Å²) in [4.78, 5) is 45.2. The van der Waals surface area contributed by atoms with Crippen molar-refractivity contribution in [2.24, 2.45) is 22.7 Å². The molecule has 0 aromatic heterocycles. The molecule has 8 nitrogen and oxygen atoms in total. The fourth-order valence-electron chi connectivity index (χ4n) is 10.1. The quantitative estimate of drug-likeness (QED) is 0.106. The molecule has 0 heterocycles. The average Bonchev–Trinajstić information content (AvgIpc) is 3.91. The van der Waals surface area contributed by atoms with Gasteiger partial charge in [-0.25, -0.2) is 0 Å². The van der Waals surface area contributed by atoms with Crippen molar-refractivity contribution >= 4 is 52.8 Å². The van der Waals surface area contributed by atoms with Gasteiger partial charge in [0.1, 0.15) is 0 Å². The topological polar surface area (TPSA) is 116 Å². The van der Waals surface area contributed by atoms with Crippen molar-refractivity contribution in [2.75, 3.05) is 0 Å². The molecule has 6 rings (SSSR count). The number of rotatable bonds is 10. The van der Waals surface area contributed by atoms with E-state index < -0.39 is 16.8 Å². The Hall–Kier alpha value is -3.94.